The van der Waals surface area contributed by atoms with Gasteiger partial charge in [-0.15, -0.1) is 36.2 Å². The molecule has 1 fully saturated rings. The van der Waals surface area contributed by atoms with E-state index in [2.05, 4.69) is 42.7 Å². The maximum atomic E-state index is 12.4. The number of carbonyl (C=O) groups excluding carboxylic acids is 1. The lowest BCUT2D eigenvalue weighted by Gasteiger charge is -2.34. The molecular weight excluding hydrogens is 511 g/mol. The number of imidazole rings is 1. The molecule has 1 saturated heterocycles. The molecule has 3 aromatic heterocycles. The number of pyridine rings is 1. The van der Waals surface area contributed by atoms with Crippen molar-refractivity contribution in [3.05, 3.63) is 57.1 Å². The Labute approximate surface area is 218 Å². The standard InChI is InChI=1S/C23H26N6O3S.2ClH/c30-22-26-20-14-16-13-17(4-5-19(16)25-21(20)27-22)32-11-2-6-24-23(31)29-9-7-28(8-10-29)15-18-3-1-12-33-18;;/h1,3-5,12-14H,2,6-11,15H2,(H,24,31)(H2,25,26,27,30);2*1H. The number of ether oxygens (including phenoxy) is 1. The number of hydrogen-bond acceptors (Lipinski definition) is 6. The van der Waals surface area contributed by atoms with E-state index >= 15 is 0 Å². The number of piperazine rings is 1. The number of aromatic nitrogens is 3. The highest BCUT2D eigenvalue weighted by Gasteiger charge is 2.20. The number of nitrogens with one attached hydrogen (secondary N) is 3. The highest BCUT2D eigenvalue weighted by Crippen LogP contribution is 2.22. The van der Waals surface area contributed by atoms with Crippen LogP contribution in [-0.2, 0) is 6.54 Å². The molecule has 0 aliphatic carbocycles. The second kappa shape index (κ2) is 12.3. The van der Waals surface area contributed by atoms with Crippen molar-refractivity contribution in [1.29, 1.82) is 0 Å². The highest BCUT2D eigenvalue weighted by molar-refractivity contribution is 7.09. The minimum absolute atomic E-state index is 0. The monoisotopic (exact) mass is 538 g/mol. The summed E-state index contributed by atoms with van der Waals surface area (Å²) in [6.07, 6.45) is 0.713. The van der Waals surface area contributed by atoms with Gasteiger partial charge < -0.3 is 19.9 Å². The number of urea groups is 1. The SMILES string of the molecule is Cl.Cl.O=C(NCCCOc1ccc2nc3[nH]c(=O)[nH]c3cc2c1)N1CCN(Cc2cccs2)CC1. The van der Waals surface area contributed by atoms with Crippen LogP contribution < -0.4 is 15.7 Å². The Morgan fingerprint density at radius 2 is 1.94 bits per heavy atom. The largest absolute Gasteiger partial charge is 0.494 e. The van der Waals surface area contributed by atoms with Gasteiger partial charge in [0.1, 0.15) is 5.75 Å². The van der Waals surface area contributed by atoms with Gasteiger partial charge in [0, 0.05) is 49.5 Å². The summed E-state index contributed by atoms with van der Waals surface area (Å²) < 4.78 is 5.84. The molecular formula is C23H28Cl2N6O3S. The van der Waals surface area contributed by atoms with Crippen molar-refractivity contribution >= 4 is 64.2 Å². The zero-order valence-electron chi connectivity index (χ0n) is 19.0. The van der Waals surface area contributed by atoms with E-state index in [1.54, 1.807) is 11.3 Å². The summed E-state index contributed by atoms with van der Waals surface area (Å²) in [5.74, 6) is 0.731. The summed E-state index contributed by atoms with van der Waals surface area (Å²) in [6.45, 7) is 5.31. The maximum absolute atomic E-state index is 12.4. The molecule has 1 aliphatic heterocycles. The summed E-state index contributed by atoms with van der Waals surface area (Å²) in [7, 11) is 0. The molecule has 12 heteroatoms. The lowest BCUT2D eigenvalue weighted by atomic mass is 10.2. The summed E-state index contributed by atoms with van der Waals surface area (Å²) in [5, 5.41) is 5.99. The van der Waals surface area contributed by atoms with E-state index in [9.17, 15) is 9.59 Å². The van der Waals surface area contributed by atoms with E-state index in [0.717, 1.165) is 49.4 Å². The molecule has 35 heavy (non-hydrogen) atoms. The number of thiophene rings is 1. The molecule has 0 saturated carbocycles. The summed E-state index contributed by atoms with van der Waals surface area (Å²) in [6, 6.07) is 11.7. The fraction of sp³-hybridized carbons (Fsp3) is 0.348. The lowest BCUT2D eigenvalue weighted by molar-refractivity contribution is 0.135. The number of hydrogen-bond donors (Lipinski definition) is 3. The van der Waals surface area contributed by atoms with Crippen molar-refractivity contribution in [2.75, 3.05) is 39.3 Å². The van der Waals surface area contributed by atoms with Crippen molar-refractivity contribution in [2.45, 2.75) is 13.0 Å². The first-order valence-corrected chi connectivity index (χ1v) is 12.0. The number of nitrogens with zero attached hydrogens (tertiary/aromatic N) is 3. The molecule has 0 spiro atoms. The Kier molecular flexibility index (Phi) is 9.39. The predicted octanol–water partition coefficient (Wildman–Crippen LogP) is 3.61. The van der Waals surface area contributed by atoms with Gasteiger partial charge in [-0.2, -0.15) is 0 Å². The summed E-state index contributed by atoms with van der Waals surface area (Å²) >= 11 is 1.78. The molecule has 1 aliphatic rings. The van der Waals surface area contributed by atoms with Crippen LogP contribution >= 0.6 is 36.2 Å². The van der Waals surface area contributed by atoms with Gasteiger partial charge in [-0.05, 0) is 42.1 Å². The molecule has 5 rings (SSSR count). The molecule has 1 aromatic carbocycles. The number of carbonyl (C=O) groups is 1. The topological polar surface area (TPSA) is 106 Å². The van der Waals surface area contributed by atoms with Crippen molar-refractivity contribution in [2.24, 2.45) is 0 Å². The van der Waals surface area contributed by atoms with Crippen LogP contribution in [0.5, 0.6) is 5.75 Å². The Morgan fingerprint density at radius 3 is 2.71 bits per heavy atom. The zero-order valence-corrected chi connectivity index (χ0v) is 21.4. The number of aromatic amines is 2. The third kappa shape index (κ3) is 6.66. The fourth-order valence-corrected chi connectivity index (χ4v) is 4.74. The van der Waals surface area contributed by atoms with Crippen LogP contribution in [0.15, 0.2) is 46.6 Å². The molecule has 2 amide bonds. The Hall–Kier alpha value is -2.79. The first-order valence-electron chi connectivity index (χ1n) is 11.1. The van der Waals surface area contributed by atoms with Crippen LogP contribution in [0.25, 0.3) is 22.1 Å². The molecule has 0 atom stereocenters. The highest BCUT2D eigenvalue weighted by atomic mass is 35.5. The van der Waals surface area contributed by atoms with Gasteiger partial charge in [-0.25, -0.2) is 14.6 Å². The number of fused-ring (bicyclic) bond motifs is 2. The van der Waals surface area contributed by atoms with Crippen molar-refractivity contribution in [1.82, 2.24) is 30.1 Å². The Balaban J connectivity index is 0.00000171. The van der Waals surface area contributed by atoms with Gasteiger partial charge >= 0.3 is 11.7 Å². The van der Waals surface area contributed by atoms with Gasteiger partial charge in [-0.3, -0.25) is 9.88 Å². The van der Waals surface area contributed by atoms with Crippen LogP contribution in [0.4, 0.5) is 4.79 Å². The minimum Gasteiger partial charge on any atom is -0.494 e. The molecule has 0 unspecified atom stereocenters. The molecule has 4 heterocycles. The van der Waals surface area contributed by atoms with Crippen LogP contribution in [0.1, 0.15) is 11.3 Å². The van der Waals surface area contributed by atoms with Crippen molar-refractivity contribution in [3.63, 3.8) is 0 Å². The van der Waals surface area contributed by atoms with E-state index in [-0.39, 0.29) is 36.5 Å². The second-order valence-electron chi connectivity index (χ2n) is 8.09. The molecule has 9 nitrogen and oxygen atoms in total. The van der Waals surface area contributed by atoms with Gasteiger partial charge in [0.05, 0.1) is 17.6 Å². The lowest BCUT2D eigenvalue weighted by Crippen LogP contribution is -2.51. The number of H-pyrrole nitrogens is 2. The Bertz CT molecular complexity index is 1300. The number of benzene rings is 1. The summed E-state index contributed by atoms with van der Waals surface area (Å²) in [5.41, 5.74) is 1.72. The third-order valence-corrected chi connectivity index (χ3v) is 6.61. The van der Waals surface area contributed by atoms with Crippen LogP contribution in [-0.4, -0.2) is 70.1 Å². The van der Waals surface area contributed by atoms with E-state index in [1.165, 1.54) is 4.88 Å². The van der Waals surface area contributed by atoms with E-state index < -0.39 is 0 Å². The van der Waals surface area contributed by atoms with Crippen molar-refractivity contribution in [3.8, 4) is 5.75 Å². The number of amides is 2. The van der Waals surface area contributed by atoms with Gasteiger partial charge in [0.25, 0.3) is 0 Å². The second-order valence-corrected chi connectivity index (χ2v) is 9.13. The van der Waals surface area contributed by atoms with E-state index in [4.69, 9.17) is 4.74 Å². The zero-order chi connectivity index (χ0) is 22.6. The molecule has 0 bridgehead atoms. The average Bonchev–Trinajstić information content (AvgIpc) is 3.45. The fourth-order valence-electron chi connectivity index (χ4n) is 4.00. The predicted molar refractivity (Wildman–Crippen MR) is 143 cm³/mol. The molecule has 188 valence electrons. The smallest absolute Gasteiger partial charge is 0.325 e. The number of halogens is 2. The average molecular weight is 539 g/mol. The van der Waals surface area contributed by atoms with Crippen LogP contribution in [0.3, 0.4) is 0 Å². The van der Waals surface area contributed by atoms with Gasteiger partial charge in [0.15, 0.2) is 5.65 Å². The van der Waals surface area contributed by atoms with Crippen LogP contribution in [0, 0.1) is 0 Å². The number of rotatable bonds is 7. The first kappa shape index (κ1) is 26.8. The van der Waals surface area contributed by atoms with Gasteiger partial charge in [-0.1, -0.05) is 6.07 Å². The van der Waals surface area contributed by atoms with Gasteiger partial charge in [0.2, 0.25) is 0 Å². The maximum Gasteiger partial charge on any atom is 0.325 e. The first-order chi connectivity index (χ1) is 16.1. The Morgan fingerprint density at radius 1 is 1.11 bits per heavy atom. The minimum atomic E-state index is -0.272. The normalized spacial score (nSPS) is 13.9. The van der Waals surface area contributed by atoms with Crippen molar-refractivity contribution < 1.29 is 9.53 Å². The van der Waals surface area contributed by atoms with E-state index in [1.807, 2.05) is 29.2 Å². The molecule has 4 aromatic rings. The molecule has 0 radical (unpaired) electrons. The third-order valence-electron chi connectivity index (χ3n) is 5.75. The summed E-state index contributed by atoms with van der Waals surface area (Å²) in [4.78, 5) is 39.3. The van der Waals surface area contributed by atoms with Crippen LogP contribution in [0.2, 0.25) is 0 Å². The molecule has 3 N–H and O–H groups in total. The quantitative estimate of drug-likeness (QED) is 0.311. The van der Waals surface area contributed by atoms with E-state index in [0.29, 0.717) is 30.7 Å².